The van der Waals surface area contributed by atoms with Crippen LogP contribution in [-0.4, -0.2) is 12.5 Å². The van der Waals surface area contributed by atoms with E-state index < -0.39 is 5.82 Å². The van der Waals surface area contributed by atoms with Crippen molar-refractivity contribution in [3.05, 3.63) is 60.8 Å². The fourth-order valence-electron chi connectivity index (χ4n) is 1.69. The second-order valence-electron chi connectivity index (χ2n) is 4.49. The summed E-state index contributed by atoms with van der Waals surface area (Å²) < 4.78 is 15.1. The number of hydrogen-bond donors (Lipinski definition) is 3. The summed E-state index contributed by atoms with van der Waals surface area (Å²) in [6.45, 7) is 0.0774. The molecular weight excluding hydrogens is 454 g/mol. The van der Waals surface area contributed by atoms with E-state index in [1.165, 1.54) is 23.6 Å². The summed E-state index contributed by atoms with van der Waals surface area (Å²) in [6.07, 6.45) is 1.35. The Kier molecular flexibility index (Phi) is 6.22. The van der Waals surface area contributed by atoms with Crippen LogP contribution in [0.1, 0.15) is 9.67 Å². The highest BCUT2D eigenvalue weighted by atomic mass is 127. The van der Waals surface area contributed by atoms with Crippen molar-refractivity contribution in [1.82, 2.24) is 5.32 Å². The van der Waals surface area contributed by atoms with Crippen molar-refractivity contribution < 1.29 is 9.18 Å². The maximum atomic E-state index is 13.8. The van der Waals surface area contributed by atoms with Gasteiger partial charge >= 0.3 is 0 Å². The van der Waals surface area contributed by atoms with Gasteiger partial charge in [-0.05, 0) is 52.9 Å². The smallest absolute Gasteiger partial charge is 0.261 e. The number of nitrogens with zero attached hydrogens (tertiary/aromatic N) is 1. The summed E-state index contributed by atoms with van der Waals surface area (Å²) in [4.78, 5) is 12.3. The molecule has 0 aliphatic heterocycles. The molecule has 5 N–H and O–H groups in total. The third-order valence-electron chi connectivity index (χ3n) is 2.74. The number of thiophene rings is 1. The molecule has 23 heavy (non-hydrogen) atoms. The Balaban J connectivity index is 1.97. The van der Waals surface area contributed by atoms with Crippen molar-refractivity contribution in [3.8, 4) is 0 Å². The van der Waals surface area contributed by atoms with Crippen LogP contribution in [0.15, 0.2) is 42.2 Å². The largest absolute Gasteiger partial charge is 0.399 e. The minimum absolute atomic E-state index is 0.0774. The van der Waals surface area contributed by atoms with Crippen molar-refractivity contribution in [2.24, 2.45) is 11.6 Å². The quantitative estimate of drug-likeness (QED) is 0.359. The van der Waals surface area contributed by atoms with Crippen molar-refractivity contribution in [2.75, 3.05) is 11.6 Å². The third-order valence-corrected chi connectivity index (χ3v) is 4.64. The minimum atomic E-state index is -0.458. The molecule has 2 rings (SSSR count). The van der Waals surface area contributed by atoms with E-state index in [4.69, 9.17) is 23.2 Å². The zero-order chi connectivity index (χ0) is 17.0. The lowest BCUT2D eigenvalue weighted by Crippen LogP contribution is -2.31. The Morgan fingerprint density at radius 1 is 1.43 bits per heavy atom. The number of nitrogens with one attached hydrogen (secondary N) is 1. The molecular formula is C14H13ClFIN4OS. The Hall–Kier alpha value is -1.36. The van der Waals surface area contributed by atoms with Crippen molar-refractivity contribution in [2.45, 2.75) is 0 Å². The average Bonchev–Trinajstić information content (AvgIpc) is 2.91. The van der Waals surface area contributed by atoms with Crippen LogP contribution in [-0.2, 0) is 0 Å². The van der Waals surface area contributed by atoms with Crippen molar-refractivity contribution >= 4 is 57.1 Å². The first kappa shape index (κ1) is 18.0. The van der Waals surface area contributed by atoms with Gasteiger partial charge in [0.15, 0.2) is 0 Å². The summed E-state index contributed by atoms with van der Waals surface area (Å²) in [5, 5.41) is 3.71. The first-order valence-corrected chi connectivity index (χ1v) is 8.63. The highest BCUT2D eigenvalue weighted by Gasteiger charge is 2.10. The molecule has 0 atom stereocenters. The highest BCUT2D eigenvalue weighted by molar-refractivity contribution is 14.1. The van der Waals surface area contributed by atoms with Crippen molar-refractivity contribution in [1.29, 1.82) is 0 Å². The van der Waals surface area contributed by atoms with E-state index in [0.717, 1.165) is 8.58 Å². The van der Waals surface area contributed by atoms with Gasteiger partial charge in [0.05, 0.1) is 21.4 Å². The monoisotopic (exact) mass is 466 g/mol. The van der Waals surface area contributed by atoms with Gasteiger partial charge in [-0.3, -0.25) is 9.80 Å². The Morgan fingerprint density at radius 3 is 2.78 bits per heavy atom. The number of anilines is 1. The van der Waals surface area contributed by atoms with E-state index in [-0.39, 0.29) is 23.8 Å². The molecule has 0 saturated heterocycles. The number of hydrazine groups is 1. The van der Waals surface area contributed by atoms with Gasteiger partial charge in [-0.15, -0.1) is 11.3 Å². The molecule has 2 aromatic rings. The van der Waals surface area contributed by atoms with Crippen molar-refractivity contribution in [3.63, 3.8) is 0 Å². The Bertz CT molecular complexity index is 752. The van der Waals surface area contributed by atoms with Gasteiger partial charge in [-0.1, -0.05) is 11.6 Å². The summed E-state index contributed by atoms with van der Waals surface area (Å²) in [5.74, 6) is 5.03. The number of amides is 1. The molecule has 122 valence electrons. The molecule has 5 nitrogen and oxygen atoms in total. The molecule has 1 heterocycles. The van der Waals surface area contributed by atoms with Crippen LogP contribution < -0.4 is 21.9 Å². The maximum absolute atomic E-state index is 13.8. The Labute approximate surface area is 155 Å². The molecule has 0 aliphatic carbocycles. The second kappa shape index (κ2) is 7.95. The molecule has 1 aromatic carbocycles. The molecule has 0 fully saturated rings. The zero-order valence-corrected chi connectivity index (χ0v) is 15.5. The summed E-state index contributed by atoms with van der Waals surface area (Å²) in [7, 11) is 0. The molecule has 0 unspecified atom stereocenters. The number of halogens is 3. The maximum Gasteiger partial charge on any atom is 0.261 e. The number of benzene rings is 1. The van der Waals surface area contributed by atoms with Crippen LogP contribution in [0.5, 0.6) is 0 Å². The summed E-state index contributed by atoms with van der Waals surface area (Å²) in [6, 6.07) is 7.90. The third kappa shape index (κ3) is 5.06. The lowest BCUT2D eigenvalue weighted by atomic mass is 10.3. The van der Waals surface area contributed by atoms with Crippen LogP contribution in [0.2, 0.25) is 4.34 Å². The van der Waals surface area contributed by atoms with Gasteiger partial charge in [0.25, 0.3) is 5.91 Å². The van der Waals surface area contributed by atoms with E-state index >= 15 is 0 Å². The van der Waals surface area contributed by atoms with Gasteiger partial charge in [-0.2, -0.15) is 0 Å². The fraction of sp³-hybridized carbons (Fsp3) is 0.0714. The SMILES string of the molecule is N/C(=C\N(N)c1ccc(I)cc1F)CNC(=O)c1ccc(Cl)s1. The van der Waals surface area contributed by atoms with E-state index in [0.29, 0.717) is 9.21 Å². The van der Waals surface area contributed by atoms with Gasteiger partial charge in [-0.25, -0.2) is 10.2 Å². The predicted molar refractivity (Wildman–Crippen MR) is 99.7 cm³/mol. The minimum Gasteiger partial charge on any atom is -0.399 e. The topological polar surface area (TPSA) is 84.4 Å². The van der Waals surface area contributed by atoms with Gasteiger partial charge < -0.3 is 11.1 Å². The average molecular weight is 467 g/mol. The predicted octanol–water partition coefficient (Wildman–Crippen LogP) is 3.06. The van der Waals surface area contributed by atoms with Crippen LogP contribution in [0.25, 0.3) is 0 Å². The zero-order valence-electron chi connectivity index (χ0n) is 11.7. The normalized spacial score (nSPS) is 11.4. The van der Waals surface area contributed by atoms with Crippen LogP contribution in [0, 0.1) is 9.39 Å². The molecule has 1 amide bonds. The summed E-state index contributed by atoms with van der Waals surface area (Å²) in [5.41, 5.74) is 6.27. The number of carbonyl (C=O) groups excluding carboxylic acids is 1. The first-order chi connectivity index (χ1) is 10.9. The Morgan fingerprint density at radius 2 is 2.17 bits per heavy atom. The number of rotatable bonds is 5. The van der Waals surface area contributed by atoms with E-state index in [1.54, 1.807) is 24.3 Å². The van der Waals surface area contributed by atoms with Gasteiger partial charge in [0.1, 0.15) is 5.82 Å². The van der Waals surface area contributed by atoms with Crippen LogP contribution >= 0.6 is 45.5 Å². The first-order valence-electron chi connectivity index (χ1n) is 6.35. The van der Waals surface area contributed by atoms with Crippen LogP contribution in [0.4, 0.5) is 10.1 Å². The number of hydrogen-bond acceptors (Lipinski definition) is 5. The van der Waals surface area contributed by atoms with E-state index in [1.807, 2.05) is 22.6 Å². The molecule has 0 radical (unpaired) electrons. The standard InChI is InChI=1S/C14H13ClFIN4OS/c15-13-4-3-12(23-13)14(22)20-6-9(18)7-21(19)11-2-1-8(17)5-10(11)16/h1-5,7H,6,18-19H2,(H,20,22)/b9-7-. The molecule has 0 bridgehead atoms. The molecule has 9 heteroatoms. The molecule has 0 spiro atoms. The van der Waals surface area contributed by atoms with Crippen LogP contribution in [0.3, 0.4) is 0 Å². The molecule has 1 aromatic heterocycles. The summed E-state index contributed by atoms with van der Waals surface area (Å²) >= 11 is 8.95. The number of carbonyl (C=O) groups is 1. The van der Waals surface area contributed by atoms with Gasteiger partial charge in [0, 0.05) is 15.5 Å². The van der Waals surface area contributed by atoms with E-state index in [9.17, 15) is 9.18 Å². The van der Waals surface area contributed by atoms with Gasteiger partial charge in [0.2, 0.25) is 0 Å². The highest BCUT2D eigenvalue weighted by Crippen LogP contribution is 2.21. The fourth-order valence-corrected chi connectivity index (χ4v) is 3.10. The second-order valence-corrected chi connectivity index (χ2v) is 7.45. The molecule has 0 saturated carbocycles. The van der Waals surface area contributed by atoms with E-state index in [2.05, 4.69) is 5.32 Å². The number of nitrogens with two attached hydrogens (primary N) is 2. The molecule has 0 aliphatic rings. The lowest BCUT2D eigenvalue weighted by molar-refractivity contribution is 0.0961. The lowest BCUT2D eigenvalue weighted by Gasteiger charge is -2.16.